The van der Waals surface area contributed by atoms with Crippen LogP contribution in [0.2, 0.25) is 0 Å². The number of nitrogens with zero attached hydrogens (tertiary/aromatic N) is 2. The lowest BCUT2D eigenvalue weighted by Gasteiger charge is -2.41. The zero-order valence-corrected chi connectivity index (χ0v) is 10.1. The van der Waals surface area contributed by atoms with Gasteiger partial charge in [-0.05, 0) is 24.3 Å². The van der Waals surface area contributed by atoms with E-state index in [2.05, 4.69) is 9.89 Å². The van der Waals surface area contributed by atoms with E-state index in [1.807, 2.05) is 11.8 Å². The number of rotatable bonds is 3. The van der Waals surface area contributed by atoms with Crippen LogP contribution in [0.5, 0.6) is 0 Å². The van der Waals surface area contributed by atoms with Crippen molar-refractivity contribution in [2.24, 2.45) is 10.7 Å². The minimum atomic E-state index is 0.216. The minimum absolute atomic E-state index is 0.216. The molecular weight excluding hydrogens is 210 g/mol. The molecule has 0 aromatic carbocycles. The molecule has 0 aromatic heterocycles. The number of aliphatic imine (C=N–C) groups is 1. The van der Waals surface area contributed by atoms with Gasteiger partial charge in [-0.3, -0.25) is 4.99 Å². The summed E-state index contributed by atoms with van der Waals surface area (Å²) in [6.45, 7) is 2.48. The normalized spacial score (nSPS) is 24.6. The summed E-state index contributed by atoms with van der Waals surface area (Å²) in [4.78, 5) is 6.66. The van der Waals surface area contributed by atoms with E-state index in [9.17, 15) is 0 Å². The molecule has 0 saturated carbocycles. The van der Waals surface area contributed by atoms with Crippen LogP contribution in [0.4, 0.5) is 0 Å². The Morgan fingerprint density at radius 2 is 2.27 bits per heavy atom. The molecule has 5 heteroatoms. The summed E-state index contributed by atoms with van der Waals surface area (Å²) in [7, 11) is 1.73. The highest BCUT2D eigenvalue weighted by atomic mass is 32.2. The van der Waals surface area contributed by atoms with Crippen LogP contribution in [0.25, 0.3) is 0 Å². The Bertz CT molecular complexity index is 251. The van der Waals surface area contributed by atoms with Crippen LogP contribution in [0.15, 0.2) is 4.99 Å². The van der Waals surface area contributed by atoms with Crippen LogP contribution in [-0.4, -0.2) is 54.7 Å². The van der Waals surface area contributed by atoms with Crippen LogP contribution in [0, 0.1) is 0 Å². The number of methoxy groups -OCH3 is 1. The molecule has 0 aromatic rings. The number of nitrogens with two attached hydrogens (primary N) is 1. The van der Waals surface area contributed by atoms with E-state index in [-0.39, 0.29) is 5.54 Å². The van der Waals surface area contributed by atoms with E-state index in [4.69, 9.17) is 10.5 Å². The first-order valence-corrected chi connectivity index (χ1v) is 6.58. The molecule has 0 aliphatic carbocycles. The largest absolute Gasteiger partial charge is 0.383 e. The molecule has 2 rings (SSSR count). The molecule has 0 bridgehead atoms. The first-order valence-electron chi connectivity index (χ1n) is 5.43. The number of thioether (sulfide) groups is 1. The fourth-order valence-electron chi connectivity index (χ4n) is 2.36. The molecule has 2 aliphatic rings. The van der Waals surface area contributed by atoms with E-state index >= 15 is 0 Å². The predicted molar refractivity (Wildman–Crippen MR) is 64.4 cm³/mol. The second kappa shape index (κ2) is 4.61. The van der Waals surface area contributed by atoms with Crippen molar-refractivity contribution in [2.75, 3.05) is 38.3 Å². The molecule has 15 heavy (non-hydrogen) atoms. The fraction of sp³-hybridized carbons (Fsp3) is 0.900. The van der Waals surface area contributed by atoms with Gasteiger partial charge in [0.25, 0.3) is 0 Å². The second-order valence-corrected chi connectivity index (χ2v) is 5.38. The topological polar surface area (TPSA) is 50.9 Å². The lowest BCUT2D eigenvalue weighted by Crippen LogP contribution is -2.54. The average Bonchev–Trinajstić information content (AvgIpc) is 2.55. The zero-order valence-electron chi connectivity index (χ0n) is 9.24. The Morgan fingerprint density at radius 1 is 1.53 bits per heavy atom. The molecule has 1 spiro atoms. The Morgan fingerprint density at radius 3 is 2.93 bits per heavy atom. The molecule has 0 atom stereocenters. The highest BCUT2D eigenvalue weighted by molar-refractivity contribution is 7.99. The van der Waals surface area contributed by atoms with E-state index in [1.54, 1.807) is 7.11 Å². The average molecular weight is 229 g/mol. The Kier molecular flexibility index (Phi) is 3.41. The monoisotopic (exact) mass is 229 g/mol. The molecule has 1 fully saturated rings. The van der Waals surface area contributed by atoms with E-state index in [0.717, 1.165) is 19.7 Å². The third-order valence-electron chi connectivity index (χ3n) is 3.33. The van der Waals surface area contributed by atoms with Crippen molar-refractivity contribution in [2.45, 2.75) is 18.4 Å². The van der Waals surface area contributed by atoms with Gasteiger partial charge < -0.3 is 15.4 Å². The van der Waals surface area contributed by atoms with Gasteiger partial charge in [0.15, 0.2) is 5.96 Å². The molecule has 0 amide bonds. The van der Waals surface area contributed by atoms with Gasteiger partial charge in [-0.2, -0.15) is 11.8 Å². The SMILES string of the molecule is COCCN1C(N)=NCC12CCSCC2. The molecular formula is C10H19N3OS. The van der Waals surface area contributed by atoms with Gasteiger partial charge in [-0.15, -0.1) is 0 Å². The quantitative estimate of drug-likeness (QED) is 0.767. The summed E-state index contributed by atoms with van der Waals surface area (Å²) in [5.74, 6) is 3.16. The zero-order chi connectivity index (χ0) is 10.7. The maximum absolute atomic E-state index is 5.94. The van der Waals surface area contributed by atoms with Gasteiger partial charge in [-0.1, -0.05) is 0 Å². The summed E-state index contributed by atoms with van der Waals surface area (Å²) in [5.41, 5.74) is 6.15. The molecule has 0 radical (unpaired) electrons. The number of guanidine groups is 1. The Labute approximate surface area is 95.2 Å². The third kappa shape index (κ3) is 2.08. The van der Waals surface area contributed by atoms with Crippen LogP contribution in [0.1, 0.15) is 12.8 Å². The number of hydrogen-bond donors (Lipinski definition) is 1. The van der Waals surface area contributed by atoms with E-state index < -0.39 is 0 Å². The summed E-state index contributed by atoms with van der Waals surface area (Å²) in [6.07, 6.45) is 2.40. The van der Waals surface area contributed by atoms with Crippen molar-refractivity contribution in [3.8, 4) is 0 Å². The van der Waals surface area contributed by atoms with Gasteiger partial charge in [-0.25, -0.2) is 0 Å². The van der Waals surface area contributed by atoms with Gasteiger partial charge >= 0.3 is 0 Å². The number of hydrogen-bond acceptors (Lipinski definition) is 5. The van der Waals surface area contributed by atoms with E-state index in [1.165, 1.54) is 24.3 Å². The van der Waals surface area contributed by atoms with Crippen molar-refractivity contribution in [3.05, 3.63) is 0 Å². The summed E-state index contributed by atoms with van der Waals surface area (Å²) in [5, 5.41) is 0. The standard InChI is InChI=1S/C10H19N3OS/c1-14-5-4-13-9(11)12-8-10(13)2-6-15-7-3-10/h2-8H2,1H3,(H2,11,12). The van der Waals surface area contributed by atoms with Crippen molar-refractivity contribution < 1.29 is 4.74 Å². The highest BCUT2D eigenvalue weighted by Gasteiger charge is 2.42. The molecule has 1 saturated heterocycles. The van der Waals surface area contributed by atoms with Crippen LogP contribution in [-0.2, 0) is 4.74 Å². The molecule has 0 unspecified atom stereocenters. The smallest absolute Gasteiger partial charge is 0.191 e. The van der Waals surface area contributed by atoms with Crippen molar-refractivity contribution in [1.82, 2.24) is 4.90 Å². The lowest BCUT2D eigenvalue weighted by atomic mass is 9.91. The molecule has 2 aliphatic heterocycles. The van der Waals surface area contributed by atoms with Crippen LogP contribution >= 0.6 is 11.8 Å². The third-order valence-corrected chi connectivity index (χ3v) is 4.31. The first kappa shape index (κ1) is 11.1. The molecule has 2 N–H and O–H groups in total. The van der Waals surface area contributed by atoms with Crippen LogP contribution < -0.4 is 5.73 Å². The maximum atomic E-state index is 5.94. The highest BCUT2D eigenvalue weighted by Crippen LogP contribution is 2.35. The number of ether oxygens (including phenoxy) is 1. The fourth-order valence-corrected chi connectivity index (χ4v) is 3.61. The lowest BCUT2D eigenvalue weighted by molar-refractivity contribution is 0.123. The second-order valence-electron chi connectivity index (χ2n) is 4.16. The first-order chi connectivity index (χ1) is 7.28. The molecule has 2 heterocycles. The minimum Gasteiger partial charge on any atom is -0.383 e. The molecule has 86 valence electrons. The summed E-state index contributed by atoms with van der Waals surface area (Å²) >= 11 is 2.03. The Hall–Kier alpha value is -0.420. The van der Waals surface area contributed by atoms with Gasteiger partial charge in [0, 0.05) is 13.7 Å². The predicted octanol–water partition coefficient (Wildman–Crippen LogP) is 0.529. The van der Waals surface area contributed by atoms with Crippen molar-refractivity contribution in [1.29, 1.82) is 0 Å². The van der Waals surface area contributed by atoms with Crippen LogP contribution in [0.3, 0.4) is 0 Å². The van der Waals surface area contributed by atoms with Gasteiger partial charge in [0.2, 0.25) is 0 Å². The van der Waals surface area contributed by atoms with Gasteiger partial charge in [0.05, 0.1) is 18.7 Å². The van der Waals surface area contributed by atoms with Crippen molar-refractivity contribution >= 4 is 17.7 Å². The molecule has 4 nitrogen and oxygen atoms in total. The summed E-state index contributed by atoms with van der Waals surface area (Å²) < 4.78 is 5.13. The van der Waals surface area contributed by atoms with E-state index in [0.29, 0.717) is 5.96 Å². The Balaban J connectivity index is 2.04. The van der Waals surface area contributed by atoms with Gasteiger partial charge in [0.1, 0.15) is 0 Å². The summed E-state index contributed by atoms with van der Waals surface area (Å²) in [6, 6.07) is 0. The maximum Gasteiger partial charge on any atom is 0.191 e. The van der Waals surface area contributed by atoms with Crippen molar-refractivity contribution in [3.63, 3.8) is 0 Å².